The molecule has 0 spiro atoms. The van der Waals surface area contributed by atoms with E-state index in [0.29, 0.717) is 92.9 Å². The van der Waals surface area contributed by atoms with E-state index in [-0.39, 0.29) is 41.9 Å². The van der Waals surface area contributed by atoms with Gasteiger partial charge in [0.15, 0.2) is 34.5 Å². The minimum Gasteiger partial charge on any atom is -0.493 e. The number of alkyl carbamates (subject to hydrolysis) is 1. The lowest BCUT2D eigenvalue weighted by atomic mass is 9.99. The van der Waals surface area contributed by atoms with Gasteiger partial charge in [-0.25, -0.2) is 9.59 Å². The Hall–Kier alpha value is -11.4. The van der Waals surface area contributed by atoms with Gasteiger partial charge in [-0.05, 0) is 213 Å². The molecule has 6 aliphatic rings. The zero-order valence-corrected chi connectivity index (χ0v) is 76.3. The second-order valence-electron chi connectivity index (χ2n) is 34.5. The van der Waals surface area contributed by atoms with Gasteiger partial charge in [-0.1, -0.05) is 93.6 Å². The van der Waals surface area contributed by atoms with Gasteiger partial charge in [-0.2, -0.15) is 0 Å². The SMILES string of the molecule is CCN1CCN(c2cccc3c2CN([C@H](CCCN(C(=O)OC(C)(C)C)c2ccccc2)c2ccc(OC)c(OC)c2)C3=O)CC1.CCN1CCN(c2cccc3c2CN([C@H](CCCNC(=O)OC(C)(C)C)c2ccc(OC)c(OC)c2)C3=O)CC1.CCN1CCN(c2cccc3c2CN([C@H](CCCNc2ccccc2)c2ccc(OC)c(OC)c2)C3=O)CC1. The number of para-hydroxylation sites is 2. The molecule has 0 aliphatic carbocycles. The van der Waals surface area contributed by atoms with E-state index in [1.807, 2.05) is 185 Å². The number of fused-ring (bicyclic) bond motifs is 3. The van der Waals surface area contributed by atoms with Crippen LogP contribution in [0.1, 0.15) is 183 Å². The average molecular weight is 1710 g/mol. The van der Waals surface area contributed by atoms with Crippen molar-refractivity contribution in [3.63, 3.8) is 0 Å². The summed E-state index contributed by atoms with van der Waals surface area (Å²) in [6.07, 6.45) is 3.52. The number of likely N-dealkylation sites (N-methyl/N-ethyl adjacent to an activating group) is 3. The summed E-state index contributed by atoms with van der Waals surface area (Å²) in [5.41, 5.74) is 12.9. The number of ether oxygens (including phenoxy) is 8. The van der Waals surface area contributed by atoms with Crippen molar-refractivity contribution >= 4 is 58.3 Å². The van der Waals surface area contributed by atoms with Crippen molar-refractivity contribution in [3.8, 4) is 34.5 Å². The number of hydrogen-bond acceptors (Lipinski definition) is 20. The maximum absolute atomic E-state index is 14.2. The third-order valence-corrected chi connectivity index (χ3v) is 24.5. The Labute approximate surface area is 740 Å². The number of benzene rings is 8. The predicted octanol–water partition coefficient (Wildman–Crippen LogP) is 17.0. The number of nitrogens with zero attached hydrogens (tertiary/aromatic N) is 10. The monoisotopic (exact) mass is 1710 g/mol. The summed E-state index contributed by atoms with van der Waals surface area (Å²) in [6, 6.07) is 55.5. The minimum atomic E-state index is -0.624. The molecule has 0 bridgehead atoms. The Morgan fingerprint density at radius 3 is 1.06 bits per heavy atom. The van der Waals surface area contributed by atoms with Crippen molar-refractivity contribution < 1.29 is 61.9 Å². The number of anilines is 5. The first kappa shape index (κ1) is 92.8. The van der Waals surface area contributed by atoms with Gasteiger partial charge in [0.25, 0.3) is 17.7 Å². The second kappa shape index (κ2) is 43.5. The Kier molecular flexibility index (Phi) is 32.3. The Bertz CT molecular complexity index is 4900. The van der Waals surface area contributed by atoms with E-state index in [0.717, 1.165) is 190 Å². The van der Waals surface area contributed by atoms with Crippen molar-refractivity contribution in [2.24, 2.45) is 0 Å². The van der Waals surface area contributed by atoms with Crippen LogP contribution in [0.15, 0.2) is 170 Å². The van der Waals surface area contributed by atoms with Crippen molar-refractivity contribution in [3.05, 3.63) is 220 Å². The highest BCUT2D eigenvalue weighted by Crippen LogP contribution is 2.46. The van der Waals surface area contributed by atoms with Crippen LogP contribution < -0.4 is 58.7 Å². The second-order valence-corrected chi connectivity index (χ2v) is 34.5. The number of piperazine rings is 3. The summed E-state index contributed by atoms with van der Waals surface area (Å²) in [4.78, 5) is 89.8. The van der Waals surface area contributed by atoms with Gasteiger partial charge >= 0.3 is 12.2 Å². The van der Waals surface area contributed by atoms with Crippen LogP contribution in [-0.4, -0.2) is 231 Å². The van der Waals surface area contributed by atoms with E-state index in [1.165, 1.54) is 5.69 Å². The molecule has 0 unspecified atom stereocenters. The highest BCUT2D eigenvalue weighted by molar-refractivity contribution is 6.02. The molecule has 25 heteroatoms. The van der Waals surface area contributed by atoms with Crippen LogP contribution in [0.3, 0.4) is 0 Å². The van der Waals surface area contributed by atoms with Crippen LogP contribution in [0.25, 0.3) is 0 Å². The maximum atomic E-state index is 14.2. The molecule has 3 atom stereocenters. The van der Waals surface area contributed by atoms with E-state index >= 15 is 0 Å². The molecule has 25 nitrogen and oxygen atoms in total. The van der Waals surface area contributed by atoms with Crippen LogP contribution in [0.5, 0.6) is 34.5 Å². The Morgan fingerprint density at radius 2 is 0.720 bits per heavy atom. The largest absolute Gasteiger partial charge is 0.493 e. The first-order valence-electron chi connectivity index (χ1n) is 44.6. The van der Waals surface area contributed by atoms with Crippen molar-refractivity contribution in [2.75, 3.05) is 185 Å². The van der Waals surface area contributed by atoms with E-state index in [9.17, 15) is 24.0 Å². The number of rotatable bonds is 32. The summed E-state index contributed by atoms with van der Waals surface area (Å²) < 4.78 is 44.5. The number of amides is 5. The Morgan fingerprint density at radius 1 is 0.384 bits per heavy atom. The van der Waals surface area contributed by atoms with Crippen LogP contribution in [-0.2, 0) is 29.1 Å². The molecule has 8 aromatic carbocycles. The van der Waals surface area contributed by atoms with Gasteiger partial charge in [0.2, 0.25) is 0 Å². The number of carbonyl (C=O) groups is 5. The molecule has 0 saturated carbocycles. The average Bonchev–Trinajstić information content (AvgIpc) is 1.63. The summed E-state index contributed by atoms with van der Waals surface area (Å²) in [6.45, 7) is 36.3. The number of carbonyl (C=O) groups excluding carboxylic acids is 5. The minimum absolute atomic E-state index is 0.0240. The van der Waals surface area contributed by atoms with E-state index in [2.05, 4.69) is 102 Å². The molecule has 670 valence electrons. The topological polar surface area (TPSA) is 216 Å². The standard InChI is InChI=1S/C37H48N4O5.C32H40N4O3.C31H44N4O5/c1-7-38-21-23-39(24-22-38)32-16-11-15-29-30(32)26-41(35(29)42)31(27-18-19-33(44-5)34(25-27)45-6)17-12-20-40(28-13-9-8-10-14-28)36(43)46-37(2,3)4;1-4-34-18-20-35(21-19-34)29-13-8-12-26-27(29)23-36(32(26)37)28(14-9-17-33-25-10-6-5-7-11-25)24-15-16-30(38-2)31(22-24)39-3;1-7-33-16-18-34(19-17-33)26-11-8-10-23-24(26)21-35(29(23)36)25(12-9-15-32-30(37)40-31(2,3)4)22-13-14-27(38-5)28(20-22)39-6/h8-11,13-16,18-19,25,31H,7,12,17,20-24,26H2,1-6H3;5-8,10-13,15-16,22,28,33H,4,9,14,17-21,23H2,1-3H3;8,10-11,13-14,20,25H,7,9,12,15-19,21H2,1-6H3,(H,32,37)/t31-;28-;25-/m111/s1. The van der Waals surface area contributed by atoms with Crippen molar-refractivity contribution in [2.45, 2.75) is 150 Å². The summed E-state index contributed by atoms with van der Waals surface area (Å²) in [7, 11) is 9.76. The first-order valence-corrected chi connectivity index (χ1v) is 44.6. The van der Waals surface area contributed by atoms with Gasteiger partial charge < -0.3 is 92.6 Å². The van der Waals surface area contributed by atoms with Crippen LogP contribution in [0.4, 0.5) is 38.0 Å². The fraction of sp³-hybridized carbons (Fsp3) is 0.470. The van der Waals surface area contributed by atoms with Gasteiger partial charge in [0.1, 0.15) is 11.2 Å². The van der Waals surface area contributed by atoms with Gasteiger partial charge in [-0.3, -0.25) is 19.3 Å². The lowest BCUT2D eigenvalue weighted by molar-refractivity contribution is 0.0519. The molecule has 0 radical (unpaired) electrons. The molecule has 6 aliphatic heterocycles. The molecular weight excluding hydrogens is 1580 g/mol. The molecule has 2 N–H and O–H groups in total. The first-order chi connectivity index (χ1) is 60.4. The predicted molar refractivity (Wildman–Crippen MR) is 496 cm³/mol. The lowest BCUT2D eigenvalue weighted by Gasteiger charge is -2.36. The molecule has 3 fully saturated rings. The molecule has 3 saturated heterocycles. The summed E-state index contributed by atoms with van der Waals surface area (Å²) in [5, 5.41) is 6.36. The molecule has 8 aromatic rings. The van der Waals surface area contributed by atoms with E-state index in [1.54, 1.807) is 47.6 Å². The molecular formula is C100H132N12O13. The fourth-order valence-corrected chi connectivity index (χ4v) is 17.8. The molecule has 5 amide bonds. The maximum Gasteiger partial charge on any atom is 0.414 e. The third-order valence-electron chi connectivity index (χ3n) is 24.5. The summed E-state index contributed by atoms with van der Waals surface area (Å²) in [5.74, 6) is 4.04. The highest BCUT2D eigenvalue weighted by atomic mass is 16.6. The smallest absolute Gasteiger partial charge is 0.414 e. The number of hydrogen-bond donors (Lipinski definition) is 2. The van der Waals surface area contributed by atoms with Crippen molar-refractivity contribution in [1.82, 2.24) is 34.7 Å². The number of nitrogens with one attached hydrogen (secondary N) is 2. The van der Waals surface area contributed by atoms with Gasteiger partial charge in [-0.15, -0.1) is 0 Å². The van der Waals surface area contributed by atoms with Crippen molar-refractivity contribution in [1.29, 1.82) is 0 Å². The van der Waals surface area contributed by atoms with Gasteiger partial charge in [0, 0.05) is 180 Å². The van der Waals surface area contributed by atoms with Crippen LogP contribution >= 0.6 is 0 Å². The molecule has 6 heterocycles. The molecule has 14 rings (SSSR count). The Balaban J connectivity index is 0.000000171. The van der Waals surface area contributed by atoms with Gasteiger partial charge in [0.05, 0.1) is 60.8 Å². The fourth-order valence-electron chi connectivity index (χ4n) is 17.8. The highest BCUT2D eigenvalue weighted by Gasteiger charge is 2.41. The van der Waals surface area contributed by atoms with Crippen LogP contribution in [0, 0.1) is 0 Å². The molecule has 125 heavy (non-hydrogen) atoms. The van der Waals surface area contributed by atoms with Crippen LogP contribution in [0.2, 0.25) is 0 Å². The quantitative estimate of drug-likeness (QED) is 0.0375. The normalized spacial score (nSPS) is 16.2. The van der Waals surface area contributed by atoms with E-state index in [4.69, 9.17) is 37.9 Å². The number of methoxy groups -OCH3 is 6. The third kappa shape index (κ3) is 23.2. The summed E-state index contributed by atoms with van der Waals surface area (Å²) >= 11 is 0. The lowest BCUT2D eigenvalue weighted by Crippen LogP contribution is -2.46. The zero-order valence-electron chi connectivity index (χ0n) is 76.3. The zero-order chi connectivity index (χ0) is 88.9. The molecule has 0 aromatic heterocycles. The van der Waals surface area contributed by atoms with E-state index < -0.39 is 17.3 Å².